The highest BCUT2D eigenvalue weighted by molar-refractivity contribution is 5.88. The Hall–Kier alpha value is -1.55. The normalized spacial score (nSPS) is 13.0. The van der Waals surface area contributed by atoms with Gasteiger partial charge in [0.05, 0.1) is 11.6 Å². The van der Waals surface area contributed by atoms with Gasteiger partial charge in [-0.3, -0.25) is 0 Å². The Bertz CT molecular complexity index is 452. The summed E-state index contributed by atoms with van der Waals surface area (Å²) in [6.45, 7) is 2.67. The summed E-state index contributed by atoms with van der Waals surface area (Å²) in [5.41, 5.74) is 6.49. The van der Waals surface area contributed by atoms with E-state index in [2.05, 4.69) is 16.8 Å². The van der Waals surface area contributed by atoms with Crippen LogP contribution in [0.4, 0.5) is 5.82 Å². The van der Waals surface area contributed by atoms with Crippen LogP contribution in [0, 0.1) is 0 Å². The van der Waals surface area contributed by atoms with Crippen LogP contribution in [0.15, 0.2) is 29.0 Å². The molecule has 2 aromatic rings. The molecule has 0 aliphatic heterocycles. The highest BCUT2D eigenvalue weighted by Gasteiger charge is 2.13. The summed E-state index contributed by atoms with van der Waals surface area (Å²) in [5, 5.41) is 1.03. The minimum Gasteiger partial charge on any atom is -0.464 e. The molecule has 0 fully saturated rings. The molecule has 4 nitrogen and oxygen atoms in total. The Balaban J connectivity index is 2.46. The molecule has 80 valence electrons. The molecule has 0 saturated heterocycles. The topological polar surface area (TPSA) is 55.3 Å². The Kier molecular flexibility index (Phi) is 2.60. The van der Waals surface area contributed by atoms with Crippen molar-refractivity contribution >= 4 is 16.8 Å². The predicted molar refractivity (Wildman–Crippen MR) is 60.9 cm³/mol. The third kappa shape index (κ3) is 1.68. The summed E-state index contributed by atoms with van der Waals surface area (Å²) in [4.78, 5) is 6.43. The SMILES string of the molecule is CC(CN)N(C)c1nccc2occc12. The van der Waals surface area contributed by atoms with Gasteiger partial charge in [-0.1, -0.05) is 0 Å². The molecule has 0 radical (unpaired) electrons. The Labute approximate surface area is 88.7 Å². The van der Waals surface area contributed by atoms with E-state index in [1.807, 2.05) is 19.2 Å². The van der Waals surface area contributed by atoms with Crippen LogP contribution in [-0.2, 0) is 0 Å². The van der Waals surface area contributed by atoms with Crippen LogP contribution in [0.2, 0.25) is 0 Å². The van der Waals surface area contributed by atoms with Gasteiger partial charge in [0, 0.05) is 25.8 Å². The number of pyridine rings is 1. The fourth-order valence-corrected chi connectivity index (χ4v) is 1.53. The summed E-state index contributed by atoms with van der Waals surface area (Å²) < 4.78 is 5.32. The minimum absolute atomic E-state index is 0.262. The molecule has 0 aromatic carbocycles. The zero-order valence-corrected chi connectivity index (χ0v) is 8.97. The lowest BCUT2D eigenvalue weighted by molar-refractivity contribution is 0.615. The number of furan rings is 1. The smallest absolute Gasteiger partial charge is 0.139 e. The Morgan fingerprint density at radius 2 is 2.33 bits per heavy atom. The maximum Gasteiger partial charge on any atom is 0.139 e. The largest absolute Gasteiger partial charge is 0.464 e. The lowest BCUT2D eigenvalue weighted by Gasteiger charge is -2.24. The van der Waals surface area contributed by atoms with Crippen molar-refractivity contribution in [2.45, 2.75) is 13.0 Å². The molecule has 1 atom stereocenters. The van der Waals surface area contributed by atoms with Gasteiger partial charge in [0.25, 0.3) is 0 Å². The molecule has 1 unspecified atom stereocenters. The number of nitrogens with two attached hydrogens (primary N) is 1. The van der Waals surface area contributed by atoms with Crippen molar-refractivity contribution in [3.8, 4) is 0 Å². The van der Waals surface area contributed by atoms with Gasteiger partial charge in [0.1, 0.15) is 11.4 Å². The molecule has 2 N–H and O–H groups in total. The van der Waals surface area contributed by atoms with Crippen molar-refractivity contribution in [1.82, 2.24) is 4.98 Å². The molecule has 2 rings (SSSR count). The molecular formula is C11H15N3O. The number of anilines is 1. The van der Waals surface area contributed by atoms with Gasteiger partial charge in [0.2, 0.25) is 0 Å². The van der Waals surface area contributed by atoms with Gasteiger partial charge in [-0.15, -0.1) is 0 Å². The Morgan fingerprint density at radius 1 is 1.53 bits per heavy atom. The summed E-state index contributed by atoms with van der Waals surface area (Å²) in [6, 6.07) is 4.05. The van der Waals surface area contributed by atoms with Crippen molar-refractivity contribution in [3.05, 3.63) is 24.6 Å². The summed E-state index contributed by atoms with van der Waals surface area (Å²) in [5.74, 6) is 0.916. The molecule has 0 spiro atoms. The first-order valence-corrected chi connectivity index (χ1v) is 4.99. The first kappa shape index (κ1) is 9.98. The molecule has 2 aromatic heterocycles. The maximum atomic E-state index is 5.64. The first-order valence-electron chi connectivity index (χ1n) is 4.99. The van der Waals surface area contributed by atoms with E-state index in [1.165, 1.54) is 0 Å². The van der Waals surface area contributed by atoms with E-state index < -0.39 is 0 Å². The van der Waals surface area contributed by atoms with E-state index in [-0.39, 0.29) is 6.04 Å². The highest BCUT2D eigenvalue weighted by atomic mass is 16.3. The highest BCUT2D eigenvalue weighted by Crippen LogP contribution is 2.25. The number of nitrogens with zero attached hydrogens (tertiary/aromatic N) is 2. The molecule has 0 saturated carbocycles. The minimum atomic E-state index is 0.262. The number of aromatic nitrogens is 1. The monoisotopic (exact) mass is 205 g/mol. The molecule has 4 heteroatoms. The standard InChI is InChI=1S/C11H15N3O/c1-8(7-12)14(2)11-9-4-6-15-10(9)3-5-13-11/h3-6,8H,7,12H2,1-2H3. The average Bonchev–Trinajstić information content (AvgIpc) is 2.74. The van der Waals surface area contributed by atoms with Crippen molar-refractivity contribution in [3.63, 3.8) is 0 Å². The van der Waals surface area contributed by atoms with Gasteiger partial charge in [-0.05, 0) is 19.1 Å². The predicted octanol–water partition coefficient (Wildman–Crippen LogP) is 1.61. The molecular weight excluding hydrogens is 190 g/mol. The zero-order chi connectivity index (χ0) is 10.8. The Morgan fingerprint density at radius 3 is 3.07 bits per heavy atom. The molecule has 15 heavy (non-hydrogen) atoms. The van der Waals surface area contributed by atoms with E-state index in [0.717, 1.165) is 16.8 Å². The molecule has 0 aliphatic carbocycles. The van der Waals surface area contributed by atoms with E-state index in [0.29, 0.717) is 6.54 Å². The van der Waals surface area contributed by atoms with Crippen molar-refractivity contribution in [2.75, 3.05) is 18.5 Å². The average molecular weight is 205 g/mol. The van der Waals surface area contributed by atoms with Crippen LogP contribution < -0.4 is 10.6 Å². The van der Waals surface area contributed by atoms with Crippen LogP contribution in [0.1, 0.15) is 6.92 Å². The number of likely N-dealkylation sites (N-methyl/N-ethyl adjacent to an activating group) is 1. The van der Waals surface area contributed by atoms with Gasteiger partial charge < -0.3 is 15.1 Å². The maximum absolute atomic E-state index is 5.64. The van der Waals surface area contributed by atoms with E-state index in [1.54, 1.807) is 12.5 Å². The fraction of sp³-hybridized carbons (Fsp3) is 0.364. The van der Waals surface area contributed by atoms with Crippen molar-refractivity contribution in [1.29, 1.82) is 0 Å². The van der Waals surface area contributed by atoms with Crippen molar-refractivity contribution in [2.24, 2.45) is 5.73 Å². The number of hydrogen-bond donors (Lipinski definition) is 1. The van der Waals surface area contributed by atoms with Gasteiger partial charge in [0.15, 0.2) is 0 Å². The van der Waals surface area contributed by atoms with Crippen LogP contribution in [0.25, 0.3) is 11.0 Å². The summed E-state index contributed by atoms with van der Waals surface area (Å²) in [6.07, 6.45) is 3.43. The lowest BCUT2D eigenvalue weighted by atomic mass is 10.2. The second-order valence-electron chi connectivity index (χ2n) is 3.66. The quantitative estimate of drug-likeness (QED) is 0.827. The lowest BCUT2D eigenvalue weighted by Crippen LogP contribution is -2.35. The van der Waals surface area contributed by atoms with Gasteiger partial charge in [-0.25, -0.2) is 4.98 Å². The van der Waals surface area contributed by atoms with Gasteiger partial charge >= 0.3 is 0 Å². The first-order chi connectivity index (χ1) is 7.24. The molecule has 0 bridgehead atoms. The fourth-order valence-electron chi connectivity index (χ4n) is 1.53. The number of fused-ring (bicyclic) bond motifs is 1. The van der Waals surface area contributed by atoms with Crippen LogP contribution in [0.5, 0.6) is 0 Å². The zero-order valence-electron chi connectivity index (χ0n) is 8.97. The van der Waals surface area contributed by atoms with E-state index in [9.17, 15) is 0 Å². The third-order valence-corrected chi connectivity index (χ3v) is 2.70. The summed E-state index contributed by atoms with van der Waals surface area (Å²) in [7, 11) is 1.99. The third-order valence-electron chi connectivity index (χ3n) is 2.70. The van der Waals surface area contributed by atoms with Gasteiger partial charge in [-0.2, -0.15) is 0 Å². The van der Waals surface area contributed by atoms with Crippen LogP contribution in [0.3, 0.4) is 0 Å². The van der Waals surface area contributed by atoms with Crippen molar-refractivity contribution < 1.29 is 4.42 Å². The van der Waals surface area contributed by atoms with Crippen LogP contribution in [-0.4, -0.2) is 24.6 Å². The molecule has 0 amide bonds. The summed E-state index contributed by atoms with van der Waals surface area (Å²) >= 11 is 0. The molecule has 0 aliphatic rings. The van der Waals surface area contributed by atoms with Crippen LogP contribution >= 0.6 is 0 Å². The second kappa shape index (κ2) is 3.90. The van der Waals surface area contributed by atoms with E-state index >= 15 is 0 Å². The second-order valence-corrected chi connectivity index (χ2v) is 3.66. The number of hydrogen-bond acceptors (Lipinski definition) is 4. The molecule has 2 heterocycles. The van der Waals surface area contributed by atoms with E-state index in [4.69, 9.17) is 10.2 Å². The number of rotatable bonds is 3.